The monoisotopic (exact) mass is 286 g/mol. The first-order chi connectivity index (χ1) is 9.58. The molecule has 1 saturated heterocycles. The first kappa shape index (κ1) is 15.2. The van der Waals surface area contributed by atoms with Crippen LogP contribution in [-0.4, -0.2) is 55.8 Å². The fourth-order valence-corrected chi connectivity index (χ4v) is 2.53. The highest BCUT2D eigenvalue weighted by Crippen LogP contribution is 2.36. The molecule has 0 spiro atoms. The summed E-state index contributed by atoms with van der Waals surface area (Å²) in [4.78, 5) is 1.72. The van der Waals surface area contributed by atoms with Crippen molar-refractivity contribution in [3.8, 4) is 5.75 Å². The van der Waals surface area contributed by atoms with Crippen LogP contribution in [0.1, 0.15) is 11.6 Å². The predicted molar refractivity (Wildman–Crippen MR) is 72.2 cm³/mol. The maximum atomic E-state index is 14.1. The number of piperazine rings is 1. The van der Waals surface area contributed by atoms with Crippen molar-refractivity contribution in [3.63, 3.8) is 0 Å². The van der Waals surface area contributed by atoms with Crippen LogP contribution in [0, 0.1) is 0 Å². The fourth-order valence-electron chi connectivity index (χ4n) is 2.53. The molecule has 2 N–H and O–H groups in total. The number of hydrogen-bond donors (Lipinski definition) is 2. The summed E-state index contributed by atoms with van der Waals surface area (Å²) in [6.07, 6.45) is 0. The predicted octanol–water partition coefficient (Wildman–Crippen LogP) is 1.27. The highest BCUT2D eigenvalue weighted by molar-refractivity contribution is 5.30. The molecule has 0 radical (unpaired) electrons. The lowest BCUT2D eigenvalue weighted by molar-refractivity contribution is -0.118. The SMILES string of the molecule is COc1ccc([C@@H](N2CCNCC2)C(F)(F)CO)cc1. The molecule has 1 heterocycles. The van der Waals surface area contributed by atoms with E-state index in [9.17, 15) is 8.78 Å². The average molecular weight is 286 g/mol. The van der Waals surface area contributed by atoms with Gasteiger partial charge in [0.25, 0.3) is 5.92 Å². The second kappa shape index (κ2) is 6.47. The van der Waals surface area contributed by atoms with Crippen molar-refractivity contribution in [1.82, 2.24) is 10.2 Å². The quantitative estimate of drug-likeness (QED) is 0.855. The number of benzene rings is 1. The molecule has 1 fully saturated rings. The molecule has 0 unspecified atom stereocenters. The summed E-state index contributed by atoms with van der Waals surface area (Å²) in [5.74, 6) is -2.55. The Hall–Kier alpha value is -1.24. The smallest absolute Gasteiger partial charge is 0.289 e. The maximum absolute atomic E-state index is 14.1. The van der Waals surface area contributed by atoms with E-state index >= 15 is 0 Å². The van der Waals surface area contributed by atoms with Gasteiger partial charge in [0.2, 0.25) is 0 Å². The third-order valence-corrected chi connectivity index (χ3v) is 3.56. The van der Waals surface area contributed by atoms with Crippen molar-refractivity contribution >= 4 is 0 Å². The number of nitrogens with zero attached hydrogens (tertiary/aromatic N) is 1. The van der Waals surface area contributed by atoms with Gasteiger partial charge in [-0.1, -0.05) is 12.1 Å². The van der Waals surface area contributed by atoms with Gasteiger partial charge < -0.3 is 15.2 Å². The molecule has 20 heavy (non-hydrogen) atoms. The van der Waals surface area contributed by atoms with Gasteiger partial charge in [0.15, 0.2) is 0 Å². The maximum Gasteiger partial charge on any atom is 0.289 e. The van der Waals surface area contributed by atoms with Crippen molar-refractivity contribution in [2.24, 2.45) is 0 Å². The molecule has 0 aromatic heterocycles. The van der Waals surface area contributed by atoms with Gasteiger partial charge in [0.1, 0.15) is 18.4 Å². The Morgan fingerprint density at radius 3 is 2.40 bits per heavy atom. The number of halogens is 2. The normalized spacial score (nSPS) is 18.8. The van der Waals surface area contributed by atoms with E-state index < -0.39 is 18.6 Å². The minimum absolute atomic E-state index is 0.492. The van der Waals surface area contributed by atoms with E-state index in [0.29, 0.717) is 37.5 Å². The molecule has 4 nitrogen and oxygen atoms in total. The van der Waals surface area contributed by atoms with Crippen LogP contribution >= 0.6 is 0 Å². The first-order valence-corrected chi connectivity index (χ1v) is 6.66. The topological polar surface area (TPSA) is 44.7 Å². The van der Waals surface area contributed by atoms with Crippen LogP contribution in [0.15, 0.2) is 24.3 Å². The van der Waals surface area contributed by atoms with Crippen LogP contribution in [0.5, 0.6) is 5.75 Å². The first-order valence-electron chi connectivity index (χ1n) is 6.66. The van der Waals surface area contributed by atoms with E-state index in [1.807, 2.05) is 0 Å². The van der Waals surface area contributed by atoms with E-state index in [-0.39, 0.29) is 0 Å². The van der Waals surface area contributed by atoms with Crippen molar-refractivity contribution in [2.75, 3.05) is 39.9 Å². The van der Waals surface area contributed by atoms with Crippen molar-refractivity contribution in [1.29, 1.82) is 0 Å². The number of aliphatic hydroxyl groups excluding tert-OH is 1. The van der Waals surface area contributed by atoms with Gasteiger partial charge in [-0.2, -0.15) is 0 Å². The van der Waals surface area contributed by atoms with Crippen LogP contribution in [0.2, 0.25) is 0 Å². The van der Waals surface area contributed by atoms with E-state index in [2.05, 4.69) is 5.32 Å². The van der Waals surface area contributed by atoms with Gasteiger partial charge >= 0.3 is 0 Å². The molecule has 0 bridgehead atoms. The number of rotatable bonds is 5. The van der Waals surface area contributed by atoms with Gasteiger partial charge in [0.05, 0.1) is 7.11 Å². The Kier molecular flexibility index (Phi) is 4.91. The van der Waals surface area contributed by atoms with Gasteiger partial charge in [-0.25, -0.2) is 8.78 Å². The number of methoxy groups -OCH3 is 1. The molecule has 1 aromatic rings. The van der Waals surface area contributed by atoms with Crippen LogP contribution in [0.3, 0.4) is 0 Å². The molecule has 112 valence electrons. The van der Waals surface area contributed by atoms with Crippen LogP contribution in [0.25, 0.3) is 0 Å². The van der Waals surface area contributed by atoms with E-state index in [1.165, 1.54) is 7.11 Å². The Morgan fingerprint density at radius 1 is 1.30 bits per heavy atom. The molecule has 2 rings (SSSR count). The molecule has 6 heteroatoms. The zero-order valence-electron chi connectivity index (χ0n) is 11.5. The minimum atomic E-state index is -3.17. The zero-order valence-corrected chi connectivity index (χ0v) is 11.5. The Balaban J connectivity index is 2.29. The molecular weight excluding hydrogens is 266 g/mol. The summed E-state index contributed by atoms with van der Waals surface area (Å²) in [5.41, 5.74) is 0.492. The lowest BCUT2D eigenvalue weighted by Gasteiger charge is -2.38. The van der Waals surface area contributed by atoms with Gasteiger partial charge in [0, 0.05) is 26.2 Å². The second-order valence-electron chi connectivity index (χ2n) is 4.88. The van der Waals surface area contributed by atoms with Crippen LogP contribution in [0.4, 0.5) is 8.78 Å². The average Bonchev–Trinajstić information content (AvgIpc) is 2.49. The Morgan fingerprint density at radius 2 is 1.90 bits per heavy atom. The molecular formula is C14H20F2N2O2. The highest BCUT2D eigenvalue weighted by Gasteiger charge is 2.43. The third kappa shape index (κ3) is 3.26. The van der Waals surface area contributed by atoms with Crippen molar-refractivity contribution in [2.45, 2.75) is 12.0 Å². The Labute approximate surface area is 117 Å². The molecule has 1 aliphatic heterocycles. The summed E-state index contributed by atoms with van der Waals surface area (Å²) >= 11 is 0. The zero-order chi connectivity index (χ0) is 14.6. The van der Waals surface area contributed by atoms with Gasteiger partial charge in [-0.05, 0) is 17.7 Å². The number of ether oxygens (including phenoxy) is 1. The molecule has 1 aliphatic rings. The van der Waals surface area contributed by atoms with E-state index in [4.69, 9.17) is 9.84 Å². The number of nitrogens with one attached hydrogen (secondary N) is 1. The molecule has 0 amide bonds. The number of hydrogen-bond acceptors (Lipinski definition) is 4. The minimum Gasteiger partial charge on any atom is -0.497 e. The molecule has 1 atom stereocenters. The van der Waals surface area contributed by atoms with Crippen molar-refractivity contribution < 1.29 is 18.6 Å². The van der Waals surface area contributed by atoms with Crippen LogP contribution < -0.4 is 10.1 Å². The lowest BCUT2D eigenvalue weighted by atomic mass is 9.98. The van der Waals surface area contributed by atoms with E-state index in [1.54, 1.807) is 29.2 Å². The molecule has 1 aromatic carbocycles. The van der Waals surface area contributed by atoms with Gasteiger partial charge in [-0.3, -0.25) is 4.90 Å². The fraction of sp³-hybridized carbons (Fsp3) is 0.571. The summed E-state index contributed by atoms with van der Waals surface area (Å²) < 4.78 is 33.3. The number of aliphatic hydroxyl groups is 1. The largest absolute Gasteiger partial charge is 0.497 e. The summed E-state index contributed by atoms with van der Waals surface area (Å²) in [7, 11) is 1.53. The van der Waals surface area contributed by atoms with Crippen molar-refractivity contribution in [3.05, 3.63) is 29.8 Å². The standard InChI is InChI=1S/C14H20F2N2O2/c1-20-12-4-2-11(3-5-12)13(14(15,16)10-19)18-8-6-17-7-9-18/h2-5,13,17,19H,6-10H2,1H3/t13-/m1/s1. The van der Waals surface area contributed by atoms with Crippen LogP contribution in [-0.2, 0) is 0 Å². The number of alkyl halides is 2. The summed E-state index contributed by atoms with van der Waals surface area (Å²) in [5, 5.41) is 12.2. The second-order valence-corrected chi connectivity index (χ2v) is 4.88. The summed E-state index contributed by atoms with van der Waals surface area (Å²) in [6, 6.07) is 5.49. The lowest BCUT2D eigenvalue weighted by Crippen LogP contribution is -2.51. The Bertz CT molecular complexity index is 420. The summed E-state index contributed by atoms with van der Waals surface area (Å²) in [6.45, 7) is 1.26. The molecule has 0 aliphatic carbocycles. The molecule has 0 saturated carbocycles. The van der Waals surface area contributed by atoms with E-state index in [0.717, 1.165) is 0 Å². The van der Waals surface area contributed by atoms with Gasteiger partial charge in [-0.15, -0.1) is 0 Å². The third-order valence-electron chi connectivity index (χ3n) is 3.56. The highest BCUT2D eigenvalue weighted by atomic mass is 19.3.